The van der Waals surface area contributed by atoms with E-state index in [1.165, 1.54) is 5.56 Å². The van der Waals surface area contributed by atoms with E-state index in [4.69, 9.17) is 4.74 Å². The van der Waals surface area contributed by atoms with Crippen LogP contribution < -0.4 is 5.32 Å². The maximum Gasteiger partial charge on any atom is 0.340 e. The van der Waals surface area contributed by atoms with Crippen LogP contribution in [-0.4, -0.2) is 17.6 Å². The molecule has 0 bridgehead atoms. The Morgan fingerprint density at radius 1 is 1.27 bits per heavy atom. The van der Waals surface area contributed by atoms with Gasteiger partial charge in [0.25, 0.3) is 0 Å². The van der Waals surface area contributed by atoms with Crippen molar-refractivity contribution in [1.29, 1.82) is 0 Å². The van der Waals surface area contributed by atoms with Gasteiger partial charge in [-0.2, -0.15) is 0 Å². The van der Waals surface area contributed by atoms with Crippen molar-refractivity contribution >= 4 is 5.97 Å². The fourth-order valence-corrected chi connectivity index (χ4v) is 2.62. The van der Waals surface area contributed by atoms with Gasteiger partial charge in [0.1, 0.15) is 0 Å². The molecule has 2 aromatic rings. The summed E-state index contributed by atoms with van der Waals surface area (Å²) in [5.74, 6) is -0.254. The first-order valence-electron chi connectivity index (χ1n) is 7.68. The number of aromatic nitrogens is 1. The zero-order valence-electron chi connectivity index (χ0n) is 13.7. The Kier molecular flexibility index (Phi) is 5.39. The van der Waals surface area contributed by atoms with Gasteiger partial charge in [-0.05, 0) is 38.8 Å². The number of carbonyl (C=O) groups is 1. The molecule has 0 spiro atoms. The molecule has 1 atom stereocenters. The van der Waals surface area contributed by atoms with E-state index in [1.54, 1.807) is 0 Å². The number of esters is 1. The summed E-state index contributed by atoms with van der Waals surface area (Å²) in [6.45, 7) is 8.89. The molecule has 0 unspecified atom stereocenters. The lowest BCUT2D eigenvalue weighted by Gasteiger charge is -2.14. The Balaban J connectivity index is 2.08. The predicted molar refractivity (Wildman–Crippen MR) is 87.9 cm³/mol. The second-order valence-electron chi connectivity index (χ2n) is 5.46. The lowest BCUT2D eigenvalue weighted by molar-refractivity contribution is 0.0525. The van der Waals surface area contributed by atoms with Gasteiger partial charge < -0.3 is 15.0 Å². The van der Waals surface area contributed by atoms with Gasteiger partial charge >= 0.3 is 5.97 Å². The average Bonchev–Trinajstić information content (AvgIpc) is 2.80. The van der Waals surface area contributed by atoms with E-state index in [0.29, 0.717) is 18.7 Å². The molecule has 0 aliphatic carbocycles. The number of rotatable bonds is 6. The number of ether oxygens (including phenoxy) is 1. The highest BCUT2D eigenvalue weighted by Gasteiger charge is 2.19. The zero-order valence-corrected chi connectivity index (χ0v) is 13.7. The van der Waals surface area contributed by atoms with Crippen LogP contribution in [0.5, 0.6) is 0 Å². The lowest BCUT2D eigenvalue weighted by Crippen LogP contribution is -2.18. The highest BCUT2D eigenvalue weighted by atomic mass is 16.5. The average molecular weight is 300 g/mol. The molecule has 4 heteroatoms. The molecule has 0 amide bonds. The standard InChI is InChI=1S/C18H24N2O2/c1-5-22-18(21)17-12(2)16(20-14(17)4)11-19-13(3)15-9-7-6-8-10-15/h6-10,13,19-20H,5,11H2,1-4H3/t13-/m1/s1. The molecular formula is C18H24N2O2. The molecule has 1 aromatic carbocycles. The molecule has 0 radical (unpaired) electrons. The van der Waals surface area contributed by atoms with Crippen LogP contribution in [0.15, 0.2) is 30.3 Å². The highest BCUT2D eigenvalue weighted by Crippen LogP contribution is 2.20. The predicted octanol–water partition coefficient (Wildman–Crippen LogP) is 3.66. The molecule has 0 aliphatic heterocycles. The fraction of sp³-hybridized carbons (Fsp3) is 0.389. The molecule has 2 rings (SSSR count). The van der Waals surface area contributed by atoms with Crippen molar-refractivity contribution in [3.63, 3.8) is 0 Å². The monoisotopic (exact) mass is 300 g/mol. The number of aromatic amines is 1. The van der Waals surface area contributed by atoms with Crippen molar-refractivity contribution < 1.29 is 9.53 Å². The minimum atomic E-state index is -0.254. The number of benzene rings is 1. The quantitative estimate of drug-likeness (QED) is 0.801. The second kappa shape index (κ2) is 7.27. The first-order chi connectivity index (χ1) is 10.5. The van der Waals surface area contributed by atoms with Crippen LogP contribution in [0.2, 0.25) is 0 Å². The summed E-state index contributed by atoms with van der Waals surface area (Å²) in [7, 11) is 0. The summed E-state index contributed by atoms with van der Waals surface area (Å²) in [4.78, 5) is 15.3. The van der Waals surface area contributed by atoms with Crippen LogP contribution in [0, 0.1) is 13.8 Å². The van der Waals surface area contributed by atoms with Gasteiger partial charge in [0, 0.05) is 24.0 Å². The Morgan fingerprint density at radius 3 is 2.59 bits per heavy atom. The van der Waals surface area contributed by atoms with Crippen molar-refractivity contribution in [2.24, 2.45) is 0 Å². The van der Waals surface area contributed by atoms with E-state index >= 15 is 0 Å². The second-order valence-corrected chi connectivity index (χ2v) is 5.46. The topological polar surface area (TPSA) is 54.1 Å². The molecule has 0 saturated carbocycles. The molecule has 2 N–H and O–H groups in total. The molecule has 118 valence electrons. The normalized spacial score (nSPS) is 12.2. The van der Waals surface area contributed by atoms with E-state index in [-0.39, 0.29) is 12.0 Å². The van der Waals surface area contributed by atoms with Crippen molar-refractivity contribution in [1.82, 2.24) is 10.3 Å². The Labute approximate surface area is 131 Å². The summed E-state index contributed by atoms with van der Waals surface area (Å²) in [5, 5.41) is 3.48. The van der Waals surface area contributed by atoms with Gasteiger partial charge in [-0.25, -0.2) is 4.79 Å². The third-order valence-corrected chi connectivity index (χ3v) is 3.91. The largest absolute Gasteiger partial charge is 0.462 e. The third kappa shape index (κ3) is 3.57. The molecular weight excluding hydrogens is 276 g/mol. The lowest BCUT2D eigenvalue weighted by atomic mass is 10.1. The first kappa shape index (κ1) is 16.3. The minimum absolute atomic E-state index is 0.246. The SMILES string of the molecule is CCOC(=O)c1c(C)[nH]c(CN[C@H](C)c2ccccc2)c1C. The number of aryl methyl sites for hydroxylation is 1. The summed E-state index contributed by atoms with van der Waals surface area (Å²) in [6.07, 6.45) is 0. The summed E-state index contributed by atoms with van der Waals surface area (Å²) < 4.78 is 5.12. The molecule has 0 fully saturated rings. The summed E-state index contributed by atoms with van der Waals surface area (Å²) >= 11 is 0. The molecule has 22 heavy (non-hydrogen) atoms. The molecule has 1 aromatic heterocycles. The zero-order chi connectivity index (χ0) is 16.1. The van der Waals surface area contributed by atoms with Crippen molar-refractivity contribution in [2.45, 2.75) is 40.3 Å². The maximum absolute atomic E-state index is 12.0. The van der Waals surface area contributed by atoms with E-state index < -0.39 is 0 Å². The molecule has 1 heterocycles. The number of nitrogens with one attached hydrogen (secondary N) is 2. The van der Waals surface area contributed by atoms with Gasteiger partial charge in [-0.15, -0.1) is 0 Å². The third-order valence-electron chi connectivity index (χ3n) is 3.91. The number of hydrogen-bond acceptors (Lipinski definition) is 3. The fourth-order valence-electron chi connectivity index (χ4n) is 2.62. The van der Waals surface area contributed by atoms with E-state index in [1.807, 2.05) is 39.0 Å². The van der Waals surface area contributed by atoms with Crippen molar-refractivity contribution in [3.8, 4) is 0 Å². The molecule has 4 nitrogen and oxygen atoms in total. The van der Waals surface area contributed by atoms with Gasteiger partial charge in [-0.3, -0.25) is 0 Å². The number of hydrogen-bond donors (Lipinski definition) is 2. The number of carbonyl (C=O) groups excluding carboxylic acids is 1. The molecule has 0 saturated heterocycles. The highest BCUT2D eigenvalue weighted by molar-refractivity contribution is 5.92. The van der Waals surface area contributed by atoms with Crippen LogP contribution in [0.1, 0.15) is 52.8 Å². The Morgan fingerprint density at radius 2 is 1.95 bits per heavy atom. The van der Waals surface area contributed by atoms with E-state index in [9.17, 15) is 4.79 Å². The van der Waals surface area contributed by atoms with E-state index in [2.05, 4.69) is 29.4 Å². The Bertz CT molecular complexity index is 632. The summed E-state index contributed by atoms with van der Waals surface area (Å²) in [5.41, 5.74) is 4.76. The smallest absolute Gasteiger partial charge is 0.340 e. The van der Waals surface area contributed by atoms with Crippen LogP contribution in [0.25, 0.3) is 0 Å². The van der Waals surface area contributed by atoms with Gasteiger partial charge in [0.05, 0.1) is 12.2 Å². The van der Waals surface area contributed by atoms with Crippen LogP contribution in [0.3, 0.4) is 0 Å². The van der Waals surface area contributed by atoms with Crippen molar-refractivity contribution in [3.05, 3.63) is 58.4 Å². The van der Waals surface area contributed by atoms with Crippen LogP contribution in [0.4, 0.5) is 0 Å². The number of H-pyrrole nitrogens is 1. The van der Waals surface area contributed by atoms with E-state index in [0.717, 1.165) is 17.0 Å². The maximum atomic E-state index is 12.0. The molecule has 0 aliphatic rings. The first-order valence-corrected chi connectivity index (χ1v) is 7.68. The van der Waals surface area contributed by atoms with Gasteiger partial charge in [0.15, 0.2) is 0 Å². The Hall–Kier alpha value is -2.07. The van der Waals surface area contributed by atoms with Crippen LogP contribution in [-0.2, 0) is 11.3 Å². The minimum Gasteiger partial charge on any atom is -0.462 e. The summed E-state index contributed by atoms with van der Waals surface area (Å²) in [6, 6.07) is 10.5. The van der Waals surface area contributed by atoms with Crippen molar-refractivity contribution in [2.75, 3.05) is 6.61 Å². The van der Waals surface area contributed by atoms with Crippen LogP contribution >= 0.6 is 0 Å². The van der Waals surface area contributed by atoms with Gasteiger partial charge in [-0.1, -0.05) is 30.3 Å². The van der Waals surface area contributed by atoms with Gasteiger partial charge in [0.2, 0.25) is 0 Å².